The number of Topliss-reactive ketones (excluding diaryl/α,β-unsaturated/α-hetero) is 1. The average Bonchev–Trinajstić information content (AvgIpc) is 3.38. The number of hydrogen-bond acceptors (Lipinski definition) is 4. The Hall–Kier alpha value is -1.55. The molecule has 4 nitrogen and oxygen atoms in total. The van der Waals surface area contributed by atoms with Crippen LogP contribution in [0.15, 0.2) is 12.1 Å². The number of benzene rings is 1. The summed E-state index contributed by atoms with van der Waals surface area (Å²) < 4.78 is 12.1. The van der Waals surface area contributed by atoms with Crippen molar-refractivity contribution in [1.82, 2.24) is 4.90 Å². The van der Waals surface area contributed by atoms with E-state index in [-0.39, 0.29) is 16.9 Å². The van der Waals surface area contributed by atoms with E-state index < -0.39 is 0 Å². The lowest BCUT2D eigenvalue weighted by Gasteiger charge is -2.60. The Bertz CT molecular complexity index is 842. The molecule has 144 valence electrons. The first-order chi connectivity index (χ1) is 13.0. The van der Waals surface area contributed by atoms with E-state index in [1.54, 1.807) is 7.11 Å². The van der Waals surface area contributed by atoms with Gasteiger partial charge in [0.05, 0.1) is 7.11 Å². The van der Waals surface area contributed by atoms with Crippen LogP contribution in [0.4, 0.5) is 0 Å². The van der Waals surface area contributed by atoms with Crippen LogP contribution in [-0.2, 0) is 16.6 Å². The van der Waals surface area contributed by atoms with Crippen molar-refractivity contribution in [2.75, 3.05) is 20.2 Å². The Kier molecular flexibility index (Phi) is 3.09. The molecule has 6 rings (SSSR count). The lowest BCUT2D eigenvalue weighted by atomic mass is 9.48. The van der Waals surface area contributed by atoms with E-state index in [2.05, 4.69) is 24.8 Å². The minimum absolute atomic E-state index is 0.130. The third-order valence-corrected chi connectivity index (χ3v) is 8.26. The van der Waals surface area contributed by atoms with Crippen molar-refractivity contribution < 1.29 is 14.3 Å². The van der Waals surface area contributed by atoms with Crippen LogP contribution in [0.3, 0.4) is 0 Å². The Morgan fingerprint density at radius 1 is 1.30 bits per heavy atom. The van der Waals surface area contributed by atoms with Gasteiger partial charge in [-0.3, -0.25) is 9.69 Å². The summed E-state index contributed by atoms with van der Waals surface area (Å²) in [6, 6.07) is 4.82. The van der Waals surface area contributed by atoms with Crippen LogP contribution in [0.2, 0.25) is 0 Å². The third kappa shape index (κ3) is 1.95. The molecule has 4 heteroatoms. The van der Waals surface area contributed by atoms with E-state index in [1.807, 2.05) is 6.07 Å². The summed E-state index contributed by atoms with van der Waals surface area (Å²) in [5.41, 5.74) is 2.27. The molecule has 1 aromatic carbocycles. The zero-order valence-corrected chi connectivity index (χ0v) is 16.6. The summed E-state index contributed by atoms with van der Waals surface area (Å²) >= 11 is 0. The van der Waals surface area contributed by atoms with Gasteiger partial charge >= 0.3 is 0 Å². The normalized spacial score (nSPS) is 38.3. The molecule has 2 bridgehead atoms. The summed E-state index contributed by atoms with van der Waals surface area (Å²) in [5.74, 6) is 3.36. The van der Waals surface area contributed by atoms with Gasteiger partial charge in [-0.25, -0.2) is 0 Å². The van der Waals surface area contributed by atoms with Gasteiger partial charge < -0.3 is 9.47 Å². The molecule has 0 radical (unpaired) electrons. The number of nitrogens with zero attached hydrogens (tertiary/aromatic N) is 1. The van der Waals surface area contributed by atoms with Gasteiger partial charge in [0.15, 0.2) is 23.4 Å². The van der Waals surface area contributed by atoms with Gasteiger partial charge in [0.25, 0.3) is 0 Å². The second-order valence-electron chi connectivity index (χ2n) is 10.2. The molecule has 3 aliphatic carbocycles. The predicted molar refractivity (Wildman–Crippen MR) is 102 cm³/mol. The molecule has 4 atom stereocenters. The second-order valence-corrected chi connectivity index (χ2v) is 10.2. The van der Waals surface area contributed by atoms with Gasteiger partial charge in [0.1, 0.15) is 0 Å². The lowest BCUT2D eigenvalue weighted by Crippen LogP contribution is -2.69. The fraction of sp³-hybridized carbons (Fsp3) is 0.696. The molecule has 0 aromatic heterocycles. The predicted octanol–water partition coefficient (Wildman–Crippen LogP) is 3.35. The first-order valence-corrected chi connectivity index (χ1v) is 10.6. The number of likely N-dealkylation sites (tertiary alicyclic amines) is 1. The van der Waals surface area contributed by atoms with E-state index >= 15 is 0 Å². The number of ketones is 1. The first kappa shape index (κ1) is 16.4. The summed E-state index contributed by atoms with van der Waals surface area (Å²) in [6.07, 6.45) is 5.57. The number of piperidine rings is 1. The fourth-order valence-electron chi connectivity index (χ4n) is 6.80. The van der Waals surface area contributed by atoms with E-state index in [0.717, 1.165) is 43.2 Å². The van der Waals surface area contributed by atoms with Crippen LogP contribution in [0.25, 0.3) is 0 Å². The highest BCUT2D eigenvalue weighted by Crippen LogP contribution is 2.65. The summed E-state index contributed by atoms with van der Waals surface area (Å²) in [4.78, 5) is 16.2. The van der Waals surface area contributed by atoms with Crippen molar-refractivity contribution >= 4 is 5.78 Å². The van der Waals surface area contributed by atoms with Gasteiger partial charge in [0, 0.05) is 29.0 Å². The van der Waals surface area contributed by atoms with Crippen molar-refractivity contribution in [3.63, 3.8) is 0 Å². The molecule has 3 fully saturated rings. The number of rotatable bonds is 3. The zero-order chi connectivity index (χ0) is 18.6. The molecule has 0 amide bonds. The topological polar surface area (TPSA) is 38.8 Å². The number of ether oxygens (including phenoxy) is 2. The van der Waals surface area contributed by atoms with Crippen LogP contribution in [0.1, 0.15) is 50.7 Å². The van der Waals surface area contributed by atoms with Crippen molar-refractivity contribution in [2.45, 2.75) is 63.5 Å². The summed E-state index contributed by atoms with van der Waals surface area (Å²) in [7, 11) is 1.70. The van der Waals surface area contributed by atoms with Crippen LogP contribution in [0.5, 0.6) is 11.5 Å². The van der Waals surface area contributed by atoms with E-state index in [0.29, 0.717) is 17.7 Å². The highest BCUT2D eigenvalue weighted by Gasteiger charge is 2.69. The Morgan fingerprint density at radius 3 is 2.85 bits per heavy atom. The smallest absolute Gasteiger partial charge is 0.179 e. The molecule has 27 heavy (non-hydrogen) atoms. The van der Waals surface area contributed by atoms with Crippen LogP contribution >= 0.6 is 0 Å². The molecule has 2 saturated carbocycles. The standard InChI is InChI=1S/C23H29NO3/c1-22(2)11-15-16-10-14-6-7-17(26-3)19-18(14)23(15,21(27-19)20(22)25)8-9-24(16)12-13-4-5-13/h6-7,13,15-16,21H,4-5,8-12H2,1-3H3/t15?,16-,21+,23+/m1/s1. The monoisotopic (exact) mass is 367 g/mol. The van der Waals surface area contributed by atoms with E-state index in [1.165, 1.54) is 30.5 Å². The Labute approximate surface area is 161 Å². The van der Waals surface area contributed by atoms with Crippen molar-refractivity contribution in [3.05, 3.63) is 23.3 Å². The van der Waals surface area contributed by atoms with Gasteiger partial charge in [-0.1, -0.05) is 19.9 Å². The Morgan fingerprint density at radius 2 is 2.11 bits per heavy atom. The molecule has 2 aliphatic heterocycles. The molecule has 2 heterocycles. The minimum atomic E-state index is -0.331. The zero-order valence-electron chi connectivity index (χ0n) is 16.6. The highest BCUT2D eigenvalue weighted by atomic mass is 16.5. The summed E-state index contributed by atoms with van der Waals surface area (Å²) in [5, 5.41) is 0. The fourth-order valence-corrected chi connectivity index (χ4v) is 6.80. The van der Waals surface area contributed by atoms with Crippen molar-refractivity contribution in [1.29, 1.82) is 0 Å². The van der Waals surface area contributed by atoms with Gasteiger partial charge in [-0.05, 0) is 62.1 Å². The maximum Gasteiger partial charge on any atom is 0.179 e. The van der Waals surface area contributed by atoms with Gasteiger partial charge in [0.2, 0.25) is 0 Å². The highest BCUT2D eigenvalue weighted by molar-refractivity contribution is 5.93. The number of methoxy groups -OCH3 is 1. The van der Waals surface area contributed by atoms with Crippen molar-refractivity contribution in [2.24, 2.45) is 17.3 Å². The Balaban J connectivity index is 1.55. The van der Waals surface area contributed by atoms with Crippen LogP contribution in [0, 0.1) is 17.3 Å². The minimum Gasteiger partial charge on any atom is -0.493 e. The molecular weight excluding hydrogens is 338 g/mol. The summed E-state index contributed by atoms with van der Waals surface area (Å²) in [6.45, 7) is 6.60. The van der Waals surface area contributed by atoms with E-state index in [4.69, 9.17) is 9.47 Å². The van der Waals surface area contributed by atoms with Crippen LogP contribution in [-0.4, -0.2) is 43.0 Å². The number of hydrogen-bond donors (Lipinski definition) is 0. The maximum absolute atomic E-state index is 13.5. The lowest BCUT2D eigenvalue weighted by molar-refractivity contribution is -0.153. The van der Waals surface area contributed by atoms with Gasteiger partial charge in [-0.15, -0.1) is 0 Å². The molecule has 1 aromatic rings. The van der Waals surface area contributed by atoms with E-state index in [9.17, 15) is 4.79 Å². The molecule has 5 aliphatic rings. The number of carbonyl (C=O) groups is 1. The van der Waals surface area contributed by atoms with Crippen molar-refractivity contribution in [3.8, 4) is 11.5 Å². The molecule has 1 unspecified atom stereocenters. The SMILES string of the molecule is COc1ccc2c3c1O[C@H]1C(=O)C(C)(C)CC4[C@@H](C2)N(CC2CC2)CC[C@@]341. The van der Waals surface area contributed by atoms with Gasteiger partial charge in [-0.2, -0.15) is 0 Å². The number of carbonyl (C=O) groups excluding carboxylic acids is 1. The maximum atomic E-state index is 13.5. The first-order valence-electron chi connectivity index (χ1n) is 10.6. The average molecular weight is 367 g/mol. The third-order valence-electron chi connectivity index (χ3n) is 8.26. The largest absolute Gasteiger partial charge is 0.493 e. The molecule has 1 spiro atoms. The second kappa shape index (κ2) is 5.08. The molecule has 1 saturated heterocycles. The quantitative estimate of drug-likeness (QED) is 0.821. The molecular formula is C23H29NO3. The van der Waals surface area contributed by atoms with Crippen LogP contribution < -0.4 is 9.47 Å². The molecule has 0 N–H and O–H groups in total.